The quantitative estimate of drug-likeness (QED) is 0.804. The largest absolute Gasteiger partial charge is 0.421 e. The van der Waals surface area contributed by atoms with Crippen molar-refractivity contribution >= 4 is 11.6 Å². The Kier molecular flexibility index (Phi) is 3.65. The summed E-state index contributed by atoms with van der Waals surface area (Å²) < 4.78 is 18.4. The first-order valence-electron chi connectivity index (χ1n) is 6.59. The Labute approximate surface area is 125 Å². The lowest BCUT2D eigenvalue weighted by Gasteiger charge is -2.05. The summed E-state index contributed by atoms with van der Waals surface area (Å²) in [6.45, 7) is 1.71. The Morgan fingerprint density at radius 1 is 1.14 bits per heavy atom. The van der Waals surface area contributed by atoms with Gasteiger partial charge < -0.3 is 9.73 Å². The fourth-order valence-electron chi connectivity index (χ4n) is 1.95. The highest BCUT2D eigenvalue weighted by atomic mass is 19.1. The molecule has 3 rings (SSSR count). The Morgan fingerprint density at radius 3 is 2.55 bits per heavy atom. The highest BCUT2D eigenvalue weighted by Gasteiger charge is 2.09. The molecule has 0 unspecified atom stereocenters. The number of benzene rings is 2. The van der Waals surface area contributed by atoms with Gasteiger partial charge >= 0.3 is 0 Å². The van der Waals surface area contributed by atoms with Crippen LogP contribution in [0.3, 0.4) is 0 Å². The molecule has 0 spiro atoms. The second-order valence-corrected chi connectivity index (χ2v) is 4.67. The fraction of sp³-hybridized carbons (Fsp3) is 0.0625. The fourth-order valence-corrected chi connectivity index (χ4v) is 1.95. The number of aromatic nitrogens is 2. The van der Waals surface area contributed by atoms with E-state index >= 15 is 0 Å². The van der Waals surface area contributed by atoms with Crippen LogP contribution in [0.15, 0.2) is 52.9 Å². The molecule has 0 bridgehead atoms. The molecule has 1 aromatic heterocycles. The first kappa shape index (κ1) is 13.9. The zero-order chi connectivity index (χ0) is 15.5. The summed E-state index contributed by atoms with van der Waals surface area (Å²) in [6.07, 6.45) is 0. The van der Waals surface area contributed by atoms with Crippen LogP contribution in [0.25, 0.3) is 11.5 Å². The van der Waals surface area contributed by atoms with E-state index in [0.29, 0.717) is 23.0 Å². The minimum absolute atomic E-state index is 0.321. The van der Waals surface area contributed by atoms with E-state index < -0.39 is 5.82 Å². The molecule has 22 heavy (non-hydrogen) atoms. The number of hydrogen-bond acceptors (Lipinski definition) is 4. The molecule has 0 fully saturated rings. The van der Waals surface area contributed by atoms with E-state index in [1.807, 2.05) is 0 Å². The normalized spacial score (nSPS) is 10.5. The van der Waals surface area contributed by atoms with Gasteiger partial charge in [-0.3, -0.25) is 4.79 Å². The third-order valence-corrected chi connectivity index (χ3v) is 3.00. The van der Waals surface area contributed by atoms with E-state index in [1.54, 1.807) is 37.3 Å². The number of amides is 1. The lowest BCUT2D eigenvalue weighted by Crippen LogP contribution is -2.11. The summed E-state index contributed by atoms with van der Waals surface area (Å²) >= 11 is 0. The van der Waals surface area contributed by atoms with Gasteiger partial charge in [0.05, 0.1) is 0 Å². The number of nitrogens with one attached hydrogen (secondary N) is 1. The Bertz CT molecular complexity index is 812. The predicted molar refractivity (Wildman–Crippen MR) is 78.8 cm³/mol. The van der Waals surface area contributed by atoms with Crippen LogP contribution < -0.4 is 5.32 Å². The maximum Gasteiger partial charge on any atom is 0.255 e. The third-order valence-electron chi connectivity index (χ3n) is 3.00. The number of nitrogens with zero attached hydrogens (tertiary/aromatic N) is 2. The summed E-state index contributed by atoms with van der Waals surface area (Å²) in [5, 5.41) is 10.3. The zero-order valence-electron chi connectivity index (χ0n) is 11.7. The minimum atomic E-state index is -0.403. The van der Waals surface area contributed by atoms with E-state index in [1.165, 1.54) is 18.2 Å². The number of carbonyl (C=O) groups is 1. The van der Waals surface area contributed by atoms with Gasteiger partial charge in [0.15, 0.2) is 0 Å². The number of carbonyl (C=O) groups excluding carboxylic acids is 1. The summed E-state index contributed by atoms with van der Waals surface area (Å²) in [7, 11) is 0. The van der Waals surface area contributed by atoms with Crippen LogP contribution in [0.4, 0.5) is 10.1 Å². The number of halogens is 1. The van der Waals surface area contributed by atoms with Crippen molar-refractivity contribution in [1.82, 2.24) is 10.2 Å². The summed E-state index contributed by atoms with van der Waals surface area (Å²) in [5.41, 5.74) is 1.58. The van der Waals surface area contributed by atoms with Crippen molar-refractivity contribution in [2.45, 2.75) is 6.92 Å². The summed E-state index contributed by atoms with van der Waals surface area (Å²) in [6, 6.07) is 12.4. The SMILES string of the molecule is Cc1nnc(-c2ccc(C(=O)Nc3cccc(F)c3)cc2)o1. The lowest BCUT2D eigenvalue weighted by atomic mass is 10.1. The molecule has 0 saturated heterocycles. The van der Waals surface area contributed by atoms with Gasteiger partial charge in [-0.25, -0.2) is 4.39 Å². The van der Waals surface area contributed by atoms with E-state index in [0.717, 1.165) is 5.56 Å². The van der Waals surface area contributed by atoms with Crippen LogP contribution in [0.5, 0.6) is 0 Å². The number of anilines is 1. The molecule has 110 valence electrons. The van der Waals surface area contributed by atoms with E-state index in [2.05, 4.69) is 15.5 Å². The molecular formula is C16H12FN3O2. The van der Waals surface area contributed by atoms with Crippen molar-refractivity contribution in [3.8, 4) is 11.5 Å². The number of aryl methyl sites for hydroxylation is 1. The highest BCUT2D eigenvalue weighted by molar-refractivity contribution is 6.04. The van der Waals surface area contributed by atoms with Gasteiger partial charge in [0.2, 0.25) is 11.8 Å². The average Bonchev–Trinajstić information content (AvgIpc) is 2.94. The maximum absolute atomic E-state index is 13.1. The van der Waals surface area contributed by atoms with E-state index in [4.69, 9.17) is 4.42 Å². The van der Waals surface area contributed by atoms with Crippen molar-refractivity contribution in [3.05, 3.63) is 65.8 Å². The smallest absolute Gasteiger partial charge is 0.255 e. The molecule has 0 aliphatic rings. The monoisotopic (exact) mass is 297 g/mol. The van der Waals surface area contributed by atoms with Crippen LogP contribution in [-0.4, -0.2) is 16.1 Å². The second-order valence-electron chi connectivity index (χ2n) is 4.67. The van der Waals surface area contributed by atoms with Crippen molar-refractivity contribution in [1.29, 1.82) is 0 Å². The molecule has 0 aliphatic carbocycles. The van der Waals surface area contributed by atoms with Crippen LogP contribution >= 0.6 is 0 Å². The van der Waals surface area contributed by atoms with Crippen molar-refractivity contribution in [2.24, 2.45) is 0 Å². The van der Waals surface area contributed by atoms with Gasteiger partial charge in [-0.15, -0.1) is 10.2 Å². The van der Waals surface area contributed by atoms with Gasteiger partial charge in [-0.2, -0.15) is 0 Å². The first-order valence-corrected chi connectivity index (χ1v) is 6.59. The van der Waals surface area contributed by atoms with E-state index in [-0.39, 0.29) is 5.91 Å². The molecule has 0 atom stereocenters. The summed E-state index contributed by atoms with van der Waals surface area (Å²) in [5.74, 6) is 0.149. The standard InChI is InChI=1S/C16H12FN3O2/c1-10-19-20-16(22-10)12-7-5-11(6-8-12)15(21)18-14-4-2-3-13(17)9-14/h2-9H,1H3,(H,18,21). The molecule has 2 aromatic carbocycles. The van der Waals surface area contributed by atoms with Gasteiger partial charge in [0, 0.05) is 23.7 Å². The topological polar surface area (TPSA) is 68.0 Å². The minimum Gasteiger partial charge on any atom is -0.421 e. The number of hydrogen-bond donors (Lipinski definition) is 1. The average molecular weight is 297 g/mol. The highest BCUT2D eigenvalue weighted by Crippen LogP contribution is 2.19. The Balaban J connectivity index is 1.76. The van der Waals surface area contributed by atoms with Crippen molar-refractivity contribution in [3.63, 3.8) is 0 Å². The Morgan fingerprint density at radius 2 is 1.91 bits per heavy atom. The molecule has 1 amide bonds. The van der Waals surface area contributed by atoms with Gasteiger partial charge in [0.1, 0.15) is 5.82 Å². The Hall–Kier alpha value is -3.02. The second kappa shape index (κ2) is 5.77. The van der Waals surface area contributed by atoms with Crippen molar-refractivity contribution in [2.75, 3.05) is 5.32 Å². The summed E-state index contributed by atoms with van der Waals surface area (Å²) in [4.78, 5) is 12.1. The molecule has 0 saturated carbocycles. The zero-order valence-corrected chi connectivity index (χ0v) is 11.7. The van der Waals surface area contributed by atoms with Crippen LogP contribution in [0.2, 0.25) is 0 Å². The van der Waals surface area contributed by atoms with Crippen molar-refractivity contribution < 1.29 is 13.6 Å². The maximum atomic E-state index is 13.1. The molecule has 5 nitrogen and oxygen atoms in total. The van der Waals surface area contributed by atoms with Gasteiger partial charge in [0.25, 0.3) is 5.91 Å². The molecule has 0 radical (unpaired) electrons. The van der Waals surface area contributed by atoms with Gasteiger partial charge in [-0.1, -0.05) is 6.07 Å². The van der Waals surface area contributed by atoms with Gasteiger partial charge in [-0.05, 0) is 42.5 Å². The molecule has 6 heteroatoms. The van der Waals surface area contributed by atoms with Crippen LogP contribution in [-0.2, 0) is 0 Å². The third kappa shape index (κ3) is 3.01. The lowest BCUT2D eigenvalue weighted by molar-refractivity contribution is 0.102. The van der Waals surface area contributed by atoms with E-state index in [9.17, 15) is 9.18 Å². The molecule has 1 N–H and O–H groups in total. The number of rotatable bonds is 3. The predicted octanol–water partition coefficient (Wildman–Crippen LogP) is 3.44. The molecule has 3 aromatic rings. The first-order chi connectivity index (χ1) is 10.6. The van der Waals surface area contributed by atoms with Crippen LogP contribution in [0.1, 0.15) is 16.2 Å². The molecule has 0 aliphatic heterocycles. The van der Waals surface area contributed by atoms with Crippen LogP contribution in [0, 0.1) is 12.7 Å². The molecular weight excluding hydrogens is 285 g/mol. The molecule has 1 heterocycles.